The van der Waals surface area contributed by atoms with Crippen molar-refractivity contribution < 1.29 is 0 Å². The Balaban J connectivity index is 2.23. The van der Waals surface area contributed by atoms with Gasteiger partial charge in [-0.1, -0.05) is 0 Å². The third-order valence-corrected chi connectivity index (χ3v) is 4.08. The van der Waals surface area contributed by atoms with Crippen LogP contribution < -0.4 is 5.73 Å². The van der Waals surface area contributed by atoms with Gasteiger partial charge in [0.05, 0.1) is 39.5 Å². The number of aryl methyl sites for hydroxylation is 3. The summed E-state index contributed by atoms with van der Waals surface area (Å²) in [5.74, 6) is 0. The van der Waals surface area contributed by atoms with Gasteiger partial charge >= 0.3 is 0 Å². The van der Waals surface area contributed by atoms with Crippen LogP contribution in [0.3, 0.4) is 0 Å². The molecule has 2 N–H and O–H groups in total. The molecule has 2 aromatic rings. The van der Waals surface area contributed by atoms with Crippen LogP contribution in [0.15, 0.2) is 16.9 Å². The minimum Gasteiger partial charge on any atom is -0.322 e. The van der Waals surface area contributed by atoms with Crippen LogP contribution >= 0.6 is 15.9 Å². The first-order valence-electron chi connectivity index (χ1n) is 6.28. The molecule has 2 rings (SSSR count). The average Bonchev–Trinajstić information content (AvgIpc) is 2.67. The molecular weight excluding hydrogens is 306 g/mol. The van der Waals surface area contributed by atoms with Gasteiger partial charge in [-0.25, -0.2) is 0 Å². The van der Waals surface area contributed by atoms with E-state index in [1.54, 1.807) is 12.4 Å². The molecule has 102 valence electrons. The van der Waals surface area contributed by atoms with Crippen molar-refractivity contribution in [2.75, 3.05) is 0 Å². The second-order valence-corrected chi connectivity index (χ2v) is 5.35. The summed E-state index contributed by atoms with van der Waals surface area (Å²) >= 11 is 3.58. The molecule has 0 aliphatic rings. The molecule has 1 atom stereocenters. The normalized spacial score (nSPS) is 12.7. The number of rotatable bonds is 4. The lowest BCUT2D eigenvalue weighted by molar-refractivity contribution is 0.580. The molecule has 0 aliphatic heterocycles. The minimum absolute atomic E-state index is 0.175. The molecule has 0 amide bonds. The van der Waals surface area contributed by atoms with E-state index in [4.69, 9.17) is 5.73 Å². The third kappa shape index (κ3) is 3.01. The fourth-order valence-electron chi connectivity index (χ4n) is 1.97. The number of aromatic nitrogens is 4. The standard InChI is InChI=1S/C13H18BrN5/c1-4-19-12(13(14)9(3)18-19)5-10(15)11-7-16-8(2)6-17-11/h6-7,10H,4-5,15H2,1-3H3. The Labute approximate surface area is 121 Å². The van der Waals surface area contributed by atoms with Crippen molar-refractivity contribution in [2.24, 2.45) is 5.73 Å². The van der Waals surface area contributed by atoms with Crippen LogP contribution in [0, 0.1) is 13.8 Å². The van der Waals surface area contributed by atoms with Gasteiger partial charge in [-0.3, -0.25) is 14.6 Å². The highest BCUT2D eigenvalue weighted by atomic mass is 79.9. The van der Waals surface area contributed by atoms with Crippen LogP contribution in [-0.4, -0.2) is 19.7 Å². The average molecular weight is 324 g/mol. The van der Waals surface area contributed by atoms with Crippen molar-refractivity contribution in [1.82, 2.24) is 19.7 Å². The molecule has 1 unspecified atom stereocenters. The highest BCUT2D eigenvalue weighted by molar-refractivity contribution is 9.10. The molecule has 2 heterocycles. The summed E-state index contributed by atoms with van der Waals surface area (Å²) < 4.78 is 3.01. The highest BCUT2D eigenvalue weighted by Crippen LogP contribution is 2.24. The summed E-state index contributed by atoms with van der Waals surface area (Å²) in [7, 11) is 0. The van der Waals surface area contributed by atoms with Gasteiger partial charge in [0.15, 0.2) is 0 Å². The quantitative estimate of drug-likeness (QED) is 0.937. The predicted octanol–water partition coefficient (Wildman–Crippen LogP) is 2.31. The Hall–Kier alpha value is -1.27. The van der Waals surface area contributed by atoms with Crippen molar-refractivity contribution in [3.8, 4) is 0 Å². The lowest BCUT2D eigenvalue weighted by atomic mass is 10.1. The van der Waals surface area contributed by atoms with Crippen LogP contribution in [0.1, 0.15) is 35.7 Å². The van der Waals surface area contributed by atoms with Crippen molar-refractivity contribution in [3.63, 3.8) is 0 Å². The Morgan fingerprint density at radius 3 is 2.63 bits per heavy atom. The van der Waals surface area contributed by atoms with Crippen molar-refractivity contribution in [3.05, 3.63) is 39.6 Å². The van der Waals surface area contributed by atoms with Crippen molar-refractivity contribution in [2.45, 2.75) is 39.8 Å². The largest absolute Gasteiger partial charge is 0.322 e. The zero-order valence-electron chi connectivity index (χ0n) is 11.4. The van der Waals surface area contributed by atoms with Crippen molar-refractivity contribution >= 4 is 15.9 Å². The van der Waals surface area contributed by atoms with Gasteiger partial charge in [0.1, 0.15) is 0 Å². The van der Waals surface area contributed by atoms with Crippen molar-refractivity contribution in [1.29, 1.82) is 0 Å². The van der Waals surface area contributed by atoms with E-state index in [0.29, 0.717) is 6.42 Å². The SMILES string of the molecule is CCn1nc(C)c(Br)c1CC(N)c1cnc(C)cn1. The number of nitrogens with zero attached hydrogens (tertiary/aromatic N) is 4. The molecule has 0 radical (unpaired) electrons. The second kappa shape index (κ2) is 5.79. The molecule has 0 bridgehead atoms. The summed E-state index contributed by atoms with van der Waals surface area (Å²) in [6.07, 6.45) is 4.17. The summed E-state index contributed by atoms with van der Waals surface area (Å²) in [4.78, 5) is 8.57. The fourth-order valence-corrected chi connectivity index (χ4v) is 2.42. The number of halogens is 1. The lowest BCUT2D eigenvalue weighted by Gasteiger charge is -2.12. The molecule has 0 saturated heterocycles. The van der Waals surface area contributed by atoms with Crippen LogP contribution in [0.5, 0.6) is 0 Å². The molecule has 5 nitrogen and oxygen atoms in total. The molecule has 0 saturated carbocycles. The van der Waals surface area contributed by atoms with Gasteiger partial charge in [-0.05, 0) is 36.7 Å². The van der Waals surface area contributed by atoms with Gasteiger partial charge in [0.2, 0.25) is 0 Å². The smallest absolute Gasteiger partial charge is 0.0758 e. The van der Waals surface area contributed by atoms with E-state index in [2.05, 4.69) is 37.9 Å². The van der Waals surface area contributed by atoms with E-state index >= 15 is 0 Å². The zero-order chi connectivity index (χ0) is 14.0. The predicted molar refractivity (Wildman–Crippen MR) is 77.7 cm³/mol. The maximum Gasteiger partial charge on any atom is 0.0758 e. The molecular formula is C13H18BrN5. The first kappa shape index (κ1) is 14.1. The van der Waals surface area contributed by atoms with Gasteiger partial charge in [0, 0.05) is 19.2 Å². The van der Waals surface area contributed by atoms with E-state index in [1.165, 1.54) is 0 Å². The van der Waals surface area contributed by atoms with E-state index in [1.807, 2.05) is 18.5 Å². The van der Waals surface area contributed by atoms with Gasteiger partial charge in [-0.15, -0.1) is 0 Å². The molecule has 0 aliphatic carbocycles. The molecule has 0 spiro atoms. The lowest BCUT2D eigenvalue weighted by Crippen LogP contribution is -2.18. The maximum atomic E-state index is 6.21. The van der Waals surface area contributed by atoms with Crippen LogP contribution in [0.4, 0.5) is 0 Å². The number of nitrogens with two attached hydrogens (primary N) is 1. The van der Waals surface area contributed by atoms with Crippen LogP contribution in [0.25, 0.3) is 0 Å². The summed E-state index contributed by atoms with van der Waals surface area (Å²) in [6.45, 7) is 6.79. The van der Waals surface area contributed by atoms with Crippen LogP contribution in [-0.2, 0) is 13.0 Å². The van der Waals surface area contributed by atoms with Gasteiger partial charge < -0.3 is 5.73 Å². The molecule has 0 fully saturated rings. The topological polar surface area (TPSA) is 69.6 Å². The Bertz CT molecular complexity index is 561. The van der Waals surface area contributed by atoms with Crippen LogP contribution in [0.2, 0.25) is 0 Å². The first-order chi connectivity index (χ1) is 9.02. The fraction of sp³-hybridized carbons (Fsp3) is 0.462. The highest BCUT2D eigenvalue weighted by Gasteiger charge is 2.17. The zero-order valence-corrected chi connectivity index (χ0v) is 13.0. The molecule has 2 aromatic heterocycles. The Kier molecular flexibility index (Phi) is 4.31. The van der Waals surface area contributed by atoms with E-state index in [0.717, 1.165) is 33.8 Å². The Morgan fingerprint density at radius 2 is 2.05 bits per heavy atom. The molecule has 0 aromatic carbocycles. The van der Waals surface area contributed by atoms with E-state index in [-0.39, 0.29) is 6.04 Å². The minimum atomic E-state index is -0.175. The first-order valence-corrected chi connectivity index (χ1v) is 7.08. The second-order valence-electron chi connectivity index (χ2n) is 4.56. The monoisotopic (exact) mass is 323 g/mol. The van der Waals surface area contributed by atoms with Gasteiger partial charge in [0.25, 0.3) is 0 Å². The molecule has 6 heteroatoms. The Morgan fingerprint density at radius 1 is 1.32 bits per heavy atom. The number of hydrogen-bond acceptors (Lipinski definition) is 4. The van der Waals surface area contributed by atoms with Gasteiger partial charge in [-0.2, -0.15) is 5.10 Å². The number of hydrogen-bond donors (Lipinski definition) is 1. The summed E-state index contributed by atoms with van der Waals surface area (Å²) in [5, 5.41) is 4.47. The third-order valence-electron chi connectivity index (χ3n) is 3.05. The maximum absolute atomic E-state index is 6.21. The van der Waals surface area contributed by atoms with E-state index < -0.39 is 0 Å². The van der Waals surface area contributed by atoms with E-state index in [9.17, 15) is 0 Å². The summed E-state index contributed by atoms with van der Waals surface area (Å²) in [5.41, 5.74) is 10.0. The molecule has 19 heavy (non-hydrogen) atoms. The summed E-state index contributed by atoms with van der Waals surface area (Å²) in [6, 6.07) is -0.175.